The molecule has 3 N–H and O–H groups in total. The van der Waals surface area contributed by atoms with Crippen molar-refractivity contribution in [2.45, 2.75) is 6.61 Å². The molecule has 0 aliphatic heterocycles. The molecule has 0 aliphatic rings. The standard InChI is InChI=1S/C14H14F2N2O2/c1-19-11-7-9(17)6-10(8-11)18-12-4-2-3-5-13(12)20-14(15)16/h2-8,14,18H,17H2,1H3. The maximum absolute atomic E-state index is 12.3. The predicted molar refractivity (Wildman–Crippen MR) is 73.8 cm³/mol. The molecule has 6 heteroatoms. The molecule has 0 fully saturated rings. The van der Waals surface area contributed by atoms with Crippen LogP contribution in [0.5, 0.6) is 11.5 Å². The van der Waals surface area contributed by atoms with Crippen LogP contribution in [0.1, 0.15) is 0 Å². The average Bonchev–Trinajstić information content (AvgIpc) is 2.39. The number of anilines is 3. The average molecular weight is 280 g/mol. The Bertz CT molecular complexity index is 591. The molecule has 2 rings (SSSR count). The molecule has 0 bridgehead atoms. The number of halogens is 2. The van der Waals surface area contributed by atoms with Crippen molar-refractivity contribution in [1.29, 1.82) is 0 Å². The second kappa shape index (κ2) is 6.10. The van der Waals surface area contributed by atoms with Gasteiger partial charge in [0.1, 0.15) is 11.5 Å². The van der Waals surface area contributed by atoms with Gasteiger partial charge in [-0.25, -0.2) is 0 Å². The minimum Gasteiger partial charge on any atom is -0.497 e. The maximum Gasteiger partial charge on any atom is 0.387 e. The fourth-order valence-electron chi connectivity index (χ4n) is 1.74. The van der Waals surface area contributed by atoms with Crippen LogP contribution in [-0.4, -0.2) is 13.7 Å². The molecule has 0 aliphatic carbocycles. The van der Waals surface area contributed by atoms with Crippen LogP contribution in [0.15, 0.2) is 42.5 Å². The Balaban J connectivity index is 2.27. The first-order chi connectivity index (χ1) is 9.58. The molecule has 0 heterocycles. The summed E-state index contributed by atoms with van der Waals surface area (Å²) >= 11 is 0. The maximum atomic E-state index is 12.3. The number of nitrogens with two attached hydrogens (primary N) is 1. The number of nitrogen functional groups attached to an aromatic ring is 1. The highest BCUT2D eigenvalue weighted by atomic mass is 19.3. The summed E-state index contributed by atoms with van der Waals surface area (Å²) in [6.45, 7) is -2.88. The van der Waals surface area contributed by atoms with E-state index in [9.17, 15) is 8.78 Å². The van der Waals surface area contributed by atoms with Gasteiger partial charge < -0.3 is 20.5 Å². The molecule has 0 saturated carbocycles. The van der Waals surface area contributed by atoms with Crippen LogP contribution in [0.3, 0.4) is 0 Å². The summed E-state index contributed by atoms with van der Waals surface area (Å²) in [7, 11) is 1.52. The third-order valence-electron chi connectivity index (χ3n) is 2.55. The van der Waals surface area contributed by atoms with E-state index in [0.717, 1.165) is 0 Å². The largest absolute Gasteiger partial charge is 0.497 e. The van der Waals surface area contributed by atoms with Gasteiger partial charge in [0.25, 0.3) is 0 Å². The third-order valence-corrected chi connectivity index (χ3v) is 2.55. The Morgan fingerprint density at radius 2 is 1.90 bits per heavy atom. The summed E-state index contributed by atoms with van der Waals surface area (Å²) in [5.74, 6) is 0.628. The molecule has 0 spiro atoms. The fourth-order valence-corrected chi connectivity index (χ4v) is 1.74. The monoisotopic (exact) mass is 280 g/mol. The van der Waals surface area contributed by atoms with Crippen LogP contribution in [-0.2, 0) is 0 Å². The summed E-state index contributed by atoms with van der Waals surface area (Å²) in [6.07, 6.45) is 0. The zero-order chi connectivity index (χ0) is 14.5. The van der Waals surface area contributed by atoms with Crippen LogP contribution in [0.25, 0.3) is 0 Å². The van der Waals surface area contributed by atoms with Gasteiger partial charge in [0.15, 0.2) is 0 Å². The van der Waals surface area contributed by atoms with Crippen molar-refractivity contribution in [2.24, 2.45) is 0 Å². The highest BCUT2D eigenvalue weighted by molar-refractivity contribution is 5.70. The minimum atomic E-state index is -2.88. The Hall–Kier alpha value is -2.50. The smallest absolute Gasteiger partial charge is 0.387 e. The lowest BCUT2D eigenvalue weighted by Gasteiger charge is -2.13. The van der Waals surface area contributed by atoms with Gasteiger partial charge in [-0.3, -0.25) is 0 Å². The number of para-hydroxylation sites is 2. The van der Waals surface area contributed by atoms with Gasteiger partial charge in [-0.15, -0.1) is 0 Å². The zero-order valence-corrected chi connectivity index (χ0v) is 10.8. The van der Waals surface area contributed by atoms with Crippen molar-refractivity contribution in [2.75, 3.05) is 18.2 Å². The van der Waals surface area contributed by atoms with E-state index in [4.69, 9.17) is 10.5 Å². The normalized spacial score (nSPS) is 10.4. The second-order valence-electron chi connectivity index (χ2n) is 3.99. The van der Waals surface area contributed by atoms with Crippen molar-refractivity contribution in [3.05, 3.63) is 42.5 Å². The second-order valence-corrected chi connectivity index (χ2v) is 3.99. The van der Waals surface area contributed by atoms with Crippen molar-refractivity contribution in [1.82, 2.24) is 0 Å². The molecule has 20 heavy (non-hydrogen) atoms. The van der Waals surface area contributed by atoms with Crippen LogP contribution >= 0.6 is 0 Å². The number of hydrogen-bond acceptors (Lipinski definition) is 4. The SMILES string of the molecule is COc1cc(N)cc(Nc2ccccc2OC(F)F)c1. The number of methoxy groups -OCH3 is 1. The quantitative estimate of drug-likeness (QED) is 0.821. The Morgan fingerprint density at radius 3 is 2.60 bits per heavy atom. The molecule has 106 valence electrons. The lowest BCUT2D eigenvalue weighted by molar-refractivity contribution is -0.0493. The lowest BCUT2D eigenvalue weighted by atomic mass is 10.2. The summed E-state index contributed by atoms with van der Waals surface area (Å²) in [4.78, 5) is 0. The van der Waals surface area contributed by atoms with Crippen molar-refractivity contribution in [3.63, 3.8) is 0 Å². The van der Waals surface area contributed by atoms with Crippen LogP contribution in [0.2, 0.25) is 0 Å². The molecule has 0 amide bonds. The van der Waals surface area contributed by atoms with Gasteiger partial charge in [0.2, 0.25) is 0 Å². The van der Waals surface area contributed by atoms with Gasteiger partial charge in [0.05, 0.1) is 12.8 Å². The topological polar surface area (TPSA) is 56.5 Å². The number of benzene rings is 2. The highest BCUT2D eigenvalue weighted by Crippen LogP contribution is 2.31. The molecule has 0 unspecified atom stereocenters. The number of ether oxygens (including phenoxy) is 2. The van der Waals surface area contributed by atoms with Crippen LogP contribution < -0.4 is 20.5 Å². The Morgan fingerprint density at radius 1 is 1.15 bits per heavy atom. The van der Waals surface area contributed by atoms with Gasteiger partial charge in [-0.05, 0) is 18.2 Å². The summed E-state index contributed by atoms with van der Waals surface area (Å²) in [5.41, 5.74) is 7.27. The number of rotatable bonds is 5. The van der Waals surface area contributed by atoms with Crippen molar-refractivity contribution < 1.29 is 18.3 Å². The van der Waals surface area contributed by atoms with Gasteiger partial charge >= 0.3 is 6.61 Å². The van der Waals surface area contributed by atoms with E-state index in [0.29, 0.717) is 22.8 Å². The summed E-state index contributed by atoms with van der Waals surface area (Å²) < 4.78 is 34.2. The number of nitrogens with one attached hydrogen (secondary N) is 1. The first-order valence-corrected chi connectivity index (χ1v) is 5.84. The molecular formula is C14H14F2N2O2. The summed E-state index contributed by atoms with van der Waals surface area (Å²) in [6, 6.07) is 11.4. The molecule has 0 atom stereocenters. The number of alkyl halides is 2. The third kappa shape index (κ3) is 3.50. The van der Waals surface area contributed by atoms with Gasteiger partial charge in [-0.1, -0.05) is 12.1 Å². The lowest BCUT2D eigenvalue weighted by Crippen LogP contribution is -2.04. The Labute approximate surface area is 115 Å². The van der Waals surface area contributed by atoms with E-state index in [1.807, 2.05) is 0 Å². The zero-order valence-electron chi connectivity index (χ0n) is 10.8. The van der Waals surface area contributed by atoms with Crippen molar-refractivity contribution in [3.8, 4) is 11.5 Å². The first-order valence-electron chi connectivity index (χ1n) is 5.84. The molecule has 2 aromatic rings. The van der Waals surface area contributed by atoms with Crippen molar-refractivity contribution >= 4 is 17.1 Å². The van der Waals surface area contributed by atoms with E-state index >= 15 is 0 Å². The van der Waals surface area contributed by atoms with Gasteiger partial charge in [-0.2, -0.15) is 8.78 Å². The fraction of sp³-hybridized carbons (Fsp3) is 0.143. The number of hydrogen-bond donors (Lipinski definition) is 2. The highest BCUT2D eigenvalue weighted by Gasteiger charge is 2.09. The van der Waals surface area contributed by atoms with E-state index in [2.05, 4.69) is 10.1 Å². The summed E-state index contributed by atoms with van der Waals surface area (Å²) in [5, 5.41) is 2.98. The molecule has 4 nitrogen and oxygen atoms in total. The first kappa shape index (κ1) is 13.9. The van der Waals surface area contributed by atoms with E-state index in [1.165, 1.54) is 13.2 Å². The predicted octanol–water partition coefficient (Wildman–Crippen LogP) is 3.62. The van der Waals surface area contributed by atoms with E-state index in [-0.39, 0.29) is 5.75 Å². The van der Waals surface area contributed by atoms with E-state index < -0.39 is 6.61 Å². The molecule has 0 radical (unpaired) electrons. The van der Waals surface area contributed by atoms with Crippen LogP contribution in [0.4, 0.5) is 25.8 Å². The Kier molecular flexibility index (Phi) is 4.24. The van der Waals surface area contributed by atoms with Crippen LogP contribution in [0, 0.1) is 0 Å². The van der Waals surface area contributed by atoms with E-state index in [1.54, 1.807) is 36.4 Å². The molecular weight excluding hydrogens is 266 g/mol. The molecule has 2 aromatic carbocycles. The molecule has 0 saturated heterocycles. The minimum absolute atomic E-state index is 0.0592. The molecule has 0 aromatic heterocycles. The van der Waals surface area contributed by atoms with Gasteiger partial charge in [0, 0.05) is 23.5 Å².